The van der Waals surface area contributed by atoms with Crippen LogP contribution in [-0.4, -0.2) is 15.7 Å². The zero-order chi connectivity index (χ0) is 15.6. The lowest BCUT2D eigenvalue weighted by Crippen LogP contribution is -1.98. The van der Waals surface area contributed by atoms with Crippen LogP contribution in [0.5, 0.6) is 11.6 Å². The van der Waals surface area contributed by atoms with Gasteiger partial charge in [-0.1, -0.05) is 0 Å². The van der Waals surface area contributed by atoms with Crippen molar-refractivity contribution in [2.24, 2.45) is 0 Å². The van der Waals surface area contributed by atoms with E-state index in [4.69, 9.17) is 4.74 Å². The fourth-order valence-corrected chi connectivity index (χ4v) is 1.53. The Balaban J connectivity index is 2.36. The Morgan fingerprint density at radius 3 is 2.62 bits per heavy atom. The second kappa shape index (κ2) is 5.61. The van der Waals surface area contributed by atoms with E-state index < -0.39 is 28.0 Å². The summed E-state index contributed by atoms with van der Waals surface area (Å²) in [5.41, 5.74) is -0.715. The van der Waals surface area contributed by atoms with Crippen molar-refractivity contribution in [1.82, 2.24) is 4.98 Å². The lowest BCUT2D eigenvalue weighted by molar-refractivity contribution is -0.387. The molecule has 0 bridgehead atoms. The summed E-state index contributed by atoms with van der Waals surface area (Å²) in [6, 6.07) is 3.65. The summed E-state index contributed by atoms with van der Waals surface area (Å²) in [5, 5.41) is 10.5. The van der Waals surface area contributed by atoms with Gasteiger partial charge in [-0.25, -0.2) is 9.37 Å². The number of ketones is 1. The highest BCUT2D eigenvalue weighted by Crippen LogP contribution is 2.29. The number of rotatable bonds is 4. The quantitative estimate of drug-likeness (QED) is 0.491. The first-order valence-electron chi connectivity index (χ1n) is 5.66. The minimum absolute atomic E-state index is 0.130. The largest absolute Gasteiger partial charge is 0.436 e. The standard InChI is InChI=1S/C13H8F2N2O4/c1-7(18)8-2-3-16-13(4-8)21-12-6-9(14)11(17(19)20)5-10(12)15/h2-6H,1H3. The molecule has 0 saturated heterocycles. The van der Waals surface area contributed by atoms with Crippen LogP contribution in [0.4, 0.5) is 14.5 Å². The summed E-state index contributed by atoms with van der Waals surface area (Å²) >= 11 is 0. The summed E-state index contributed by atoms with van der Waals surface area (Å²) in [5.74, 6) is -3.30. The molecule has 0 amide bonds. The van der Waals surface area contributed by atoms with E-state index in [9.17, 15) is 23.7 Å². The molecule has 0 aliphatic carbocycles. The SMILES string of the molecule is CC(=O)c1ccnc(Oc2cc(F)c([N+](=O)[O-])cc2F)c1. The fraction of sp³-hybridized carbons (Fsp3) is 0.0769. The van der Waals surface area contributed by atoms with E-state index in [1.165, 1.54) is 25.3 Å². The smallest absolute Gasteiger partial charge is 0.307 e. The summed E-state index contributed by atoms with van der Waals surface area (Å²) in [6.07, 6.45) is 1.27. The van der Waals surface area contributed by atoms with Crippen LogP contribution in [0.3, 0.4) is 0 Å². The second-order valence-electron chi connectivity index (χ2n) is 4.03. The van der Waals surface area contributed by atoms with Crippen molar-refractivity contribution in [3.8, 4) is 11.6 Å². The summed E-state index contributed by atoms with van der Waals surface area (Å²) in [7, 11) is 0. The van der Waals surface area contributed by atoms with E-state index in [1.54, 1.807) is 0 Å². The van der Waals surface area contributed by atoms with Crippen molar-refractivity contribution in [2.75, 3.05) is 0 Å². The zero-order valence-electron chi connectivity index (χ0n) is 10.7. The molecule has 0 unspecified atom stereocenters. The number of Topliss-reactive ketones (excluding diaryl/α,β-unsaturated/α-hetero) is 1. The highest BCUT2D eigenvalue weighted by atomic mass is 19.1. The molecule has 2 aromatic rings. The third-order valence-electron chi connectivity index (χ3n) is 2.55. The minimum atomic E-state index is -1.24. The molecule has 0 N–H and O–H groups in total. The molecule has 1 aromatic carbocycles. The first-order valence-corrected chi connectivity index (χ1v) is 5.66. The third kappa shape index (κ3) is 3.16. The molecule has 8 heteroatoms. The maximum absolute atomic E-state index is 13.6. The van der Waals surface area contributed by atoms with Gasteiger partial charge in [0.25, 0.3) is 0 Å². The number of hydrogen-bond donors (Lipinski definition) is 0. The molecule has 0 atom stereocenters. The summed E-state index contributed by atoms with van der Waals surface area (Å²) in [6.45, 7) is 1.32. The fourth-order valence-electron chi connectivity index (χ4n) is 1.53. The van der Waals surface area contributed by atoms with Gasteiger partial charge in [0.1, 0.15) is 0 Å². The maximum Gasteiger partial charge on any atom is 0.307 e. The van der Waals surface area contributed by atoms with Crippen LogP contribution in [0.15, 0.2) is 30.5 Å². The number of carbonyl (C=O) groups excluding carboxylic acids is 1. The van der Waals surface area contributed by atoms with Gasteiger partial charge in [-0.15, -0.1) is 0 Å². The molecular weight excluding hydrogens is 286 g/mol. The lowest BCUT2D eigenvalue weighted by atomic mass is 10.2. The first-order chi connectivity index (χ1) is 9.88. The Morgan fingerprint density at radius 1 is 1.29 bits per heavy atom. The van der Waals surface area contributed by atoms with Crippen molar-refractivity contribution in [2.45, 2.75) is 6.92 Å². The average Bonchev–Trinajstić information content (AvgIpc) is 2.42. The van der Waals surface area contributed by atoms with Crippen LogP contribution in [0.2, 0.25) is 0 Å². The predicted octanol–water partition coefficient (Wildman–Crippen LogP) is 3.26. The normalized spacial score (nSPS) is 10.2. The monoisotopic (exact) mass is 294 g/mol. The third-order valence-corrected chi connectivity index (χ3v) is 2.55. The Bertz CT molecular complexity index is 734. The molecule has 21 heavy (non-hydrogen) atoms. The van der Waals surface area contributed by atoms with Gasteiger partial charge >= 0.3 is 5.69 Å². The van der Waals surface area contributed by atoms with E-state index in [1.807, 2.05) is 0 Å². The Kier molecular flexibility index (Phi) is 3.88. The number of nitro groups is 1. The Morgan fingerprint density at radius 2 is 2.00 bits per heavy atom. The molecule has 2 rings (SSSR count). The van der Waals surface area contributed by atoms with Crippen LogP contribution >= 0.6 is 0 Å². The number of nitro benzene ring substituents is 1. The molecule has 0 aliphatic heterocycles. The van der Waals surface area contributed by atoms with Crippen LogP contribution in [0.1, 0.15) is 17.3 Å². The van der Waals surface area contributed by atoms with Crippen LogP contribution < -0.4 is 4.74 Å². The van der Waals surface area contributed by atoms with E-state index in [0.717, 1.165) is 0 Å². The first kappa shape index (κ1) is 14.5. The van der Waals surface area contributed by atoms with Gasteiger partial charge in [0.15, 0.2) is 17.3 Å². The van der Waals surface area contributed by atoms with Crippen LogP contribution in [-0.2, 0) is 0 Å². The van der Waals surface area contributed by atoms with Crippen LogP contribution in [0.25, 0.3) is 0 Å². The molecule has 0 saturated carbocycles. The maximum atomic E-state index is 13.6. The number of halogens is 2. The molecule has 108 valence electrons. The summed E-state index contributed by atoms with van der Waals surface area (Å²) < 4.78 is 32.1. The highest BCUT2D eigenvalue weighted by Gasteiger charge is 2.20. The molecular formula is C13H8F2N2O4. The molecule has 0 fully saturated rings. The van der Waals surface area contributed by atoms with Gasteiger partial charge in [0, 0.05) is 23.9 Å². The summed E-state index contributed by atoms with van der Waals surface area (Å²) in [4.78, 5) is 24.4. The van der Waals surface area contributed by atoms with Crippen molar-refractivity contribution in [3.63, 3.8) is 0 Å². The number of hydrogen-bond acceptors (Lipinski definition) is 5. The number of carbonyl (C=O) groups is 1. The van der Waals surface area contributed by atoms with Gasteiger partial charge in [0.2, 0.25) is 11.7 Å². The molecule has 1 aromatic heterocycles. The minimum Gasteiger partial charge on any atom is -0.436 e. The molecule has 1 heterocycles. The second-order valence-corrected chi connectivity index (χ2v) is 4.03. The Hall–Kier alpha value is -2.90. The van der Waals surface area contributed by atoms with Crippen molar-refractivity contribution >= 4 is 11.5 Å². The zero-order valence-corrected chi connectivity index (χ0v) is 10.7. The molecule has 6 nitrogen and oxygen atoms in total. The van der Waals surface area contributed by atoms with Gasteiger partial charge in [-0.2, -0.15) is 4.39 Å². The van der Waals surface area contributed by atoms with E-state index in [2.05, 4.69) is 4.98 Å². The van der Waals surface area contributed by atoms with Crippen molar-refractivity contribution in [3.05, 3.63) is 57.8 Å². The van der Waals surface area contributed by atoms with Gasteiger partial charge in [-0.05, 0) is 13.0 Å². The van der Waals surface area contributed by atoms with E-state index in [-0.39, 0.29) is 17.2 Å². The van der Waals surface area contributed by atoms with Crippen LogP contribution in [0, 0.1) is 21.7 Å². The predicted molar refractivity (Wildman–Crippen MR) is 67.3 cm³/mol. The number of nitrogens with zero attached hydrogens (tertiary/aromatic N) is 2. The van der Waals surface area contributed by atoms with Gasteiger partial charge < -0.3 is 4.74 Å². The average molecular weight is 294 g/mol. The lowest BCUT2D eigenvalue weighted by Gasteiger charge is -2.07. The highest BCUT2D eigenvalue weighted by molar-refractivity contribution is 5.94. The molecule has 0 radical (unpaired) electrons. The Labute approximate surface area is 117 Å². The van der Waals surface area contributed by atoms with Crippen molar-refractivity contribution < 1.29 is 23.2 Å². The molecule has 0 aliphatic rings. The number of benzene rings is 1. The van der Waals surface area contributed by atoms with Crippen molar-refractivity contribution in [1.29, 1.82) is 0 Å². The van der Waals surface area contributed by atoms with Gasteiger partial charge in [-0.3, -0.25) is 14.9 Å². The van der Waals surface area contributed by atoms with Gasteiger partial charge in [0.05, 0.1) is 11.0 Å². The van der Waals surface area contributed by atoms with E-state index >= 15 is 0 Å². The van der Waals surface area contributed by atoms with E-state index in [0.29, 0.717) is 12.1 Å². The topological polar surface area (TPSA) is 82.3 Å². The number of pyridine rings is 1. The number of aromatic nitrogens is 1. The molecule has 0 spiro atoms. The number of ether oxygens (including phenoxy) is 1.